The molecule has 0 nitrogen and oxygen atoms in total. The summed E-state index contributed by atoms with van der Waals surface area (Å²) in [6.45, 7) is 4.34. The Labute approximate surface area is 70.8 Å². The summed E-state index contributed by atoms with van der Waals surface area (Å²) >= 11 is 4.45. The Morgan fingerprint density at radius 1 is 1.40 bits per heavy atom. The molecule has 0 aromatic heterocycles. The first-order chi connectivity index (χ1) is 4.81. The molecule has 0 rings (SSSR count). The van der Waals surface area contributed by atoms with Gasteiger partial charge in [0.2, 0.25) is 0 Å². The van der Waals surface area contributed by atoms with Crippen molar-refractivity contribution in [3.63, 3.8) is 0 Å². The van der Waals surface area contributed by atoms with E-state index in [9.17, 15) is 0 Å². The lowest BCUT2D eigenvalue weighted by molar-refractivity contribution is 0.642. The van der Waals surface area contributed by atoms with E-state index in [1.807, 2.05) is 0 Å². The molecule has 0 aliphatic rings. The van der Waals surface area contributed by atoms with Crippen LogP contribution in [0.3, 0.4) is 0 Å². The third kappa shape index (κ3) is 6.47. The minimum absolute atomic E-state index is 0.608. The zero-order valence-corrected chi connectivity index (χ0v) is 8.03. The summed E-state index contributed by atoms with van der Waals surface area (Å²) in [7, 11) is 0. The monoisotopic (exact) mass is 159 g/mol. The van der Waals surface area contributed by atoms with Gasteiger partial charge in [0, 0.05) is 5.25 Å². The van der Waals surface area contributed by atoms with Gasteiger partial charge < -0.3 is 0 Å². The standard InChI is InChI=1S/C9H19S/c1-3-5-6-8-9(10)7-4-2/h4,9-10H,3,5-8H2,1-2H3. The lowest BCUT2D eigenvalue weighted by atomic mass is 10.1. The van der Waals surface area contributed by atoms with Gasteiger partial charge in [0.15, 0.2) is 0 Å². The van der Waals surface area contributed by atoms with Crippen LogP contribution in [0.25, 0.3) is 0 Å². The number of hydrogen-bond acceptors (Lipinski definition) is 1. The fourth-order valence-corrected chi connectivity index (χ4v) is 1.41. The maximum absolute atomic E-state index is 4.45. The highest BCUT2D eigenvalue weighted by Gasteiger charge is 1.99. The summed E-state index contributed by atoms with van der Waals surface area (Å²) in [6.07, 6.45) is 8.66. The fourth-order valence-electron chi connectivity index (χ4n) is 1.02. The molecule has 0 saturated carbocycles. The van der Waals surface area contributed by atoms with E-state index < -0.39 is 0 Å². The molecule has 0 heterocycles. The van der Waals surface area contributed by atoms with E-state index >= 15 is 0 Å². The number of hydrogen-bond donors (Lipinski definition) is 1. The van der Waals surface area contributed by atoms with Crippen molar-refractivity contribution in [2.24, 2.45) is 0 Å². The van der Waals surface area contributed by atoms with Gasteiger partial charge in [-0.1, -0.05) is 33.1 Å². The van der Waals surface area contributed by atoms with Crippen molar-refractivity contribution in [2.75, 3.05) is 0 Å². The maximum Gasteiger partial charge on any atom is 0.00194 e. The Balaban J connectivity index is 2.97. The predicted molar refractivity (Wildman–Crippen MR) is 51.5 cm³/mol. The van der Waals surface area contributed by atoms with Crippen molar-refractivity contribution in [3.8, 4) is 0 Å². The Hall–Kier alpha value is 0.350. The van der Waals surface area contributed by atoms with E-state index in [0.717, 1.165) is 6.42 Å². The van der Waals surface area contributed by atoms with Gasteiger partial charge in [-0.25, -0.2) is 0 Å². The highest BCUT2D eigenvalue weighted by molar-refractivity contribution is 7.80. The van der Waals surface area contributed by atoms with E-state index in [0.29, 0.717) is 5.25 Å². The van der Waals surface area contributed by atoms with Crippen LogP contribution in [-0.2, 0) is 0 Å². The summed E-state index contributed by atoms with van der Waals surface area (Å²) in [5.41, 5.74) is 0. The highest BCUT2D eigenvalue weighted by atomic mass is 32.1. The van der Waals surface area contributed by atoms with Crippen LogP contribution in [0.4, 0.5) is 0 Å². The lowest BCUT2D eigenvalue weighted by Gasteiger charge is -2.06. The van der Waals surface area contributed by atoms with Crippen LogP contribution in [0.15, 0.2) is 0 Å². The van der Waals surface area contributed by atoms with Crippen LogP contribution in [-0.4, -0.2) is 5.25 Å². The van der Waals surface area contributed by atoms with E-state index in [-0.39, 0.29) is 0 Å². The summed E-state index contributed by atoms with van der Waals surface area (Å²) in [6, 6.07) is 0. The molecule has 0 fully saturated rings. The molecule has 0 spiro atoms. The average molecular weight is 159 g/mol. The summed E-state index contributed by atoms with van der Waals surface area (Å²) in [5, 5.41) is 0.608. The van der Waals surface area contributed by atoms with Crippen molar-refractivity contribution in [3.05, 3.63) is 6.42 Å². The molecular weight excluding hydrogens is 140 g/mol. The van der Waals surface area contributed by atoms with Gasteiger partial charge in [0.25, 0.3) is 0 Å². The first-order valence-corrected chi connectivity index (χ1v) is 4.78. The van der Waals surface area contributed by atoms with Crippen LogP contribution in [0.5, 0.6) is 0 Å². The molecule has 0 aromatic carbocycles. The lowest BCUT2D eigenvalue weighted by Crippen LogP contribution is -1.97. The Morgan fingerprint density at radius 2 is 2.10 bits per heavy atom. The Kier molecular flexibility index (Phi) is 7.72. The van der Waals surface area contributed by atoms with Crippen molar-refractivity contribution >= 4 is 12.6 Å². The number of rotatable bonds is 6. The zero-order chi connectivity index (χ0) is 7.82. The molecule has 1 heteroatoms. The van der Waals surface area contributed by atoms with Gasteiger partial charge in [0.05, 0.1) is 0 Å². The Morgan fingerprint density at radius 3 is 2.60 bits per heavy atom. The second-order valence-corrected chi connectivity index (χ2v) is 3.52. The van der Waals surface area contributed by atoms with E-state index in [1.54, 1.807) is 0 Å². The molecule has 0 aliphatic carbocycles. The molecule has 1 radical (unpaired) electrons. The molecule has 0 bridgehead atoms. The van der Waals surface area contributed by atoms with Gasteiger partial charge in [0.1, 0.15) is 0 Å². The Bertz CT molecular complexity index is 61.7. The predicted octanol–water partition coefficient (Wildman–Crippen LogP) is 3.48. The third-order valence-electron chi connectivity index (χ3n) is 1.65. The second-order valence-electron chi connectivity index (χ2n) is 2.79. The number of unbranched alkanes of at least 4 members (excludes halogenated alkanes) is 2. The van der Waals surface area contributed by atoms with E-state index in [4.69, 9.17) is 0 Å². The quantitative estimate of drug-likeness (QED) is 0.445. The van der Waals surface area contributed by atoms with Crippen molar-refractivity contribution < 1.29 is 0 Å². The highest BCUT2D eigenvalue weighted by Crippen LogP contribution is 2.12. The molecule has 61 valence electrons. The van der Waals surface area contributed by atoms with Crippen LogP contribution in [0, 0.1) is 6.42 Å². The summed E-state index contributed by atoms with van der Waals surface area (Å²) < 4.78 is 0. The average Bonchev–Trinajstić information content (AvgIpc) is 1.89. The minimum atomic E-state index is 0.608. The van der Waals surface area contributed by atoms with Gasteiger partial charge in [-0.3, -0.25) is 0 Å². The normalized spacial score (nSPS) is 13.5. The molecule has 0 aliphatic heterocycles. The molecule has 0 aromatic rings. The maximum atomic E-state index is 4.45. The van der Waals surface area contributed by atoms with Crippen molar-refractivity contribution in [1.82, 2.24) is 0 Å². The van der Waals surface area contributed by atoms with E-state index in [2.05, 4.69) is 32.9 Å². The van der Waals surface area contributed by atoms with Crippen LogP contribution < -0.4 is 0 Å². The summed E-state index contributed by atoms with van der Waals surface area (Å²) in [5.74, 6) is 0. The molecule has 0 saturated heterocycles. The van der Waals surface area contributed by atoms with E-state index in [1.165, 1.54) is 25.7 Å². The molecule has 0 amide bonds. The SMILES string of the molecule is C[CH]CC(S)CCCCC. The molecule has 1 unspecified atom stereocenters. The van der Waals surface area contributed by atoms with Crippen molar-refractivity contribution in [2.45, 2.75) is 51.2 Å². The van der Waals surface area contributed by atoms with Gasteiger partial charge in [-0.05, 0) is 19.3 Å². The second kappa shape index (κ2) is 7.46. The largest absolute Gasteiger partial charge is 0.176 e. The van der Waals surface area contributed by atoms with Gasteiger partial charge in [-0.15, -0.1) is 0 Å². The van der Waals surface area contributed by atoms with Crippen molar-refractivity contribution in [1.29, 1.82) is 0 Å². The zero-order valence-electron chi connectivity index (χ0n) is 7.14. The number of thiol groups is 1. The van der Waals surface area contributed by atoms with Gasteiger partial charge in [-0.2, -0.15) is 12.6 Å². The van der Waals surface area contributed by atoms with Crippen LogP contribution in [0.2, 0.25) is 0 Å². The summed E-state index contributed by atoms with van der Waals surface area (Å²) in [4.78, 5) is 0. The first-order valence-electron chi connectivity index (χ1n) is 4.27. The van der Waals surface area contributed by atoms with Crippen LogP contribution in [0.1, 0.15) is 46.0 Å². The fraction of sp³-hybridized carbons (Fsp3) is 0.889. The first kappa shape index (κ1) is 10.3. The molecule has 10 heavy (non-hydrogen) atoms. The minimum Gasteiger partial charge on any atom is -0.176 e. The topological polar surface area (TPSA) is 0 Å². The smallest absolute Gasteiger partial charge is 0.00194 e. The molecule has 1 atom stereocenters. The molecule has 0 N–H and O–H groups in total. The van der Waals surface area contributed by atoms with Crippen LogP contribution >= 0.6 is 12.6 Å². The molecular formula is C9H19S. The van der Waals surface area contributed by atoms with Gasteiger partial charge >= 0.3 is 0 Å². The third-order valence-corrected chi connectivity index (χ3v) is 2.12.